The van der Waals surface area contributed by atoms with E-state index in [2.05, 4.69) is 4.98 Å². The molecule has 0 radical (unpaired) electrons. The van der Waals surface area contributed by atoms with Crippen molar-refractivity contribution in [1.29, 1.82) is 0 Å². The normalized spacial score (nSPS) is 10.5. The van der Waals surface area contributed by atoms with Crippen LogP contribution in [0.15, 0.2) is 73.3 Å². The summed E-state index contributed by atoms with van der Waals surface area (Å²) in [6.07, 6.45) is 7.90. The lowest BCUT2D eigenvalue weighted by molar-refractivity contribution is -0.129. The fraction of sp³-hybridized carbons (Fsp3) is 0.158. The SMILES string of the molecule is CN(Cc1ccncc1)C(=O)Cc1ccc(-n2cccc2)cc1. The number of carbonyl (C=O) groups excluding carboxylic acids is 1. The Labute approximate surface area is 136 Å². The van der Waals surface area contributed by atoms with Crippen LogP contribution in [0, 0.1) is 0 Å². The zero-order valence-corrected chi connectivity index (χ0v) is 13.1. The molecule has 116 valence electrons. The maximum absolute atomic E-state index is 12.3. The van der Waals surface area contributed by atoms with Crippen LogP contribution in [0.1, 0.15) is 11.1 Å². The van der Waals surface area contributed by atoms with Gasteiger partial charge in [-0.1, -0.05) is 12.1 Å². The minimum absolute atomic E-state index is 0.107. The van der Waals surface area contributed by atoms with E-state index in [4.69, 9.17) is 0 Å². The van der Waals surface area contributed by atoms with Crippen molar-refractivity contribution in [3.05, 3.63) is 84.4 Å². The van der Waals surface area contributed by atoms with Gasteiger partial charge in [0, 0.05) is 44.1 Å². The maximum atomic E-state index is 12.3. The quantitative estimate of drug-likeness (QED) is 0.726. The number of nitrogens with zero attached hydrogens (tertiary/aromatic N) is 3. The van der Waals surface area contributed by atoms with Crippen LogP contribution in [0.5, 0.6) is 0 Å². The van der Waals surface area contributed by atoms with Gasteiger partial charge in [-0.2, -0.15) is 0 Å². The largest absolute Gasteiger partial charge is 0.341 e. The molecule has 0 bridgehead atoms. The van der Waals surface area contributed by atoms with Crippen LogP contribution in [0.3, 0.4) is 0 Å². The average Bonchev–Trinajstić information content (AvgIpc) is 3.11. The van der Waals surface area contributed by atoms with Crippen molar-refractivity contribution in [2.24, 2.45) is 0 Å². The second-order valence-corrected chi connectivity index (χ2v) is 5.54. The van der Waals surface area contributed by atoms with Gasteiger partial charge < -0.3 is 9.47 Å². The predicted molar refractivity (Wildman–Crippen MR) is 90.2 cm³/mol. The van der Waals surface area contributed by atoms with E-state index in [9.17, 15) is 4.79 Å². The molecule has 0 fully saturated rings. The Bertz CT molecular complexity index is 749. The third kappa shape index (κ3) is 3.86. The van der Waals surface area contributed by atoms with Gasteiger partial charge >= 0.3 is 0 Å². The zero-order chi connectivity index (χ0) is 16.1. The van der Waals surface area contributed by atoms with Crippen LogP contribution in [0.4, 0.5) is 0 Å². The molecule has 0 aliphatic heterocycles. The van der Waals surface area contributed by atoms with Gasteiger partial charge in [0.05, 0.1) is 6.42 Å². The van der Waals surface area contributed by atoms with Gasteiger partial charge in [0.2, 0.25) is 5.91 Å². The van der Waals surface area contributed by atoms with E-state index >= 15 is 0 Å². The van der Waals surface area contributed by atoms with Crippen LogP contribution < -0.4 is 0 Å². The number of amides is 1. The summed E-state index contributed by atoms with van der Waals surface area (Å²) in [5.74, 6) is 0.107. The van der Waals surface area contributed by atoms with Crippen LogP contribution in [-0.4, -0.2) is 27.4 Å². The highest BCUT2D eigenvalue weighted by molar-refractivity contribution is 5.78. The summed E-state index contributed by atoms with van der Waals surface area (Å²) in [5.41, 5.74) is 3.20. The summed E-state index contributed by atoms with van der Waals surface area (Å²) < 4.78 is 2.04. The summed E-state index contributed by atoms with van der Waals surface area (Å²) >= 11 is 0. The molecule has 2 aromatic heterocycles. The Kier molecular flexibility index (Phi) is 4.52. The molecule has 4 heteroatoms. The van der Waals surface area contributed by atoms with E-state index in [0.717, 1.165) is 16.8 Å². The molecule has 0 saturated carbocycles. The van der Waals surface area contributed by atoms with Gasteiger partial charge in [0.15, 0.2) is 0 Å². The van der Waals surface area contributed by atoms with Crippen molar-refractivity contribution in [3.8, 4) is 5.69 Å². The molecule has 0 atom stereocenters. The standard InChI is InChI=1S/C19H19N3O/c1-21(15-17-8-10-20-11-9-17)19(23)14-16-4-6-18(7-5-16)22-12-2-3-13-22/h2-13H,14-15H2,1H3. The number of pyridine rings is 1. The molecule has 0 aliphatic rings. The first-order valence-corrected chi connectivity index (χ1v) is 7.57. The summed E-state index contributed by atoms with van der Waals surface area (Å²) in [4.78, 5) is 18.1. The molecule has 4 nitrogen and oxygen atoms in total. The minimum Gasteiger partial charge on any atom is -0.341 e. The lowest BCUT2D eigenvalue weighted by Crippen LogP contribution is -2.27. The minimum atomic E-state index is 0.107. The molecular weight excluding hydrogens is 286 g/mol. The number of benzene rings is 1. The number of hydrogen-bond donors (Lipinski definition) is 0. The maximum Gasteiger partial charge on any atom is 0.227 e. The second-order valence-electron chi connectivity index (χ2n) is 5.54. The van der Waals surface area contributed by atoms with E-state index in [1.165, 1.54) is 0 Å². The van der Waals surface area contributed by atoms with E-state index in [1.807, 2.05) is 72.5 Å². The fourth-order valence-electron chi connectivity index (χ4n) is 2.45. The van der Waals surface area contributed by atoms with Crippen molar-refractivity contribution >= 4 is 5.91 Å². The molecular formula is C19H19N3O. The van der Waals surface area contributed by atoms with Gasteiger partial charge in [-0.05, 0) is 47.5 Å². The molecule has 3 aromatic rings. The van der Waals surface area contributed by atoms with Crippen LogP contribution in [0.2, 0.25) is 0 Å². The Balaban J connectivity index is 1.61. The Morgan fingerprint density at radius 3 is 2.30 bits per heavy atom. The molecule has 1 aromatic carbocycles. The number of rotatable bonds is 5. The number of carbonyl (C=O) groups is 1. The van der Waals surface area contributed by atoms with E-state index in [1.54, 1.807) is 17.3 Å². The molecule has 3 rings (SSSR count). The number of aromatic nitrogens is 2. The molecule has 0 aliphatic carbocycles. The Morgan fingerprint density at radius 2 is 1.65 bits per heavy atom. The van der Waals surface area contributed by atoms with Gasteiger partial charge in [-0.15, -0.1) is 0 Å². The van der Waals surface area contributed by atoms with E-state index in [0.29, 0.717) is 13.0 Å². The Morgan fingerprint density at radius 1 is 1.00 bits per heavy atom. The molecule has 1 amide bonds. The molecule has 0 saturated heterocycles. The van der Waals surface area contributed by atoms with Gasteiger partial charge in [-0.3, -0.25) is 9.78 Å². The number of hydrogen-bond acceptors (Lipinski definition) is 2. The summed E-state index contributed by atoms with van der Waals surface area (Å²) in [7, 11) is 1.83. The lowest BCUT2D eigenvalue weighted by Gasteiger charge is -2.17. The highest BCUT2D eigenvalue weighted by Gasteiger charge is 2.10. The Hall–Kier alpha value is -2.88. The van der Waals surface area contributed by atoms with E-state index in [-0.39, 0.29) is 5.91 Å². The van der Waals surface area contributed by atoms with Crippen molar-refractivity contribution in [2.75, 3.05) is 7.05 Å². The first-order chi connectivity index (χ1) is 11.2. The first kappa shape index (κ1) is 15.0. The highest BCUT2D eigenvalue weighted by atomic mass is 16.2. The zero-order valence-electron chi connectivity index (χ0n) is 13.1. The van der Waals surface area contributed by atoms with E-state index < -0.39 is 0 Å². The van der Waals surface area contributed by atoms with Gasteiger partial charge in [-0.25, -0.2) is 0 Å². The molecule has 2 heterocycles. The van der Waals surface area contributed by atoms with Gasteiger partial charge in [0.1, 0.15) is 0 Å². The fourth-order valence-corrected chi connectivity index (χ4v) is 2.45. The first-order valence-electron chi connectivity index (χ1n) is 7.57. The topological polar surface area (TPSA) is 38.1 Å². The van der Waals surface area contributed by atoms with Crippen LogP contribution in [0.25, 0.3) is 5.69 Å². The van der Waals surface area contributed by atoms with Crippen LogP contribution in [-0.2, 0) is 17.8 Å². The molecule has 0 spiro atoms. The van der Waals surface area contributed by atoms with Crippen molar-refractivity contribution in [1.82, 2.24) is 14.5 Å². The van der Waals surface area contributed by atoms with Crippen molar-refractivity contribution < 1.29 is 4.79 Å². The summed E-state index contributed by atoms with van der Waals surface area (Å²) in [6, 6.07) is 15.9. The highest BCUT2D eigenvalue weighted by Crippen LogP contribution is 2.12. The predicted octanol–water partition coefficient (Wildman–Crippen LogP) is 3.07. The summed E-state index contributed by atoms with van der Waals surface area (Å²) in [5, 5.41) is 0. The lowest BCUT2D eigenvalue weighted by atomic mass is 10.1. The van der Waals surface area contributed by atoms with Crippen LogP contribution >= 0.6 is 0 Å². The summed E-state index contributed by atoms with van der Waals surface area (Å²) in [6.45, 7) is 0.600. The second kappa shape index (κ2) is 6.92. The third-order valence-corrected chi connectivity index (χ3v) is 3.79. The smallest absolute Gasteiger partial charge is 0.227 e. The molecule has 0 N–H and O–H groups in total. The van der Waals surface area contributed by atoms with Crippen molar-refractivity contribution in [3.63, 3.8) is 0 Å². The molecule has 23 heavy (non-hydrogen) atoms. The number of likely N-dealkylation sites (N-methyl/N-ethyl adjacent to an activating group) is 1. The molecule has 0 unspecified atom stereocenters. The third-order valence-electron chi connectivity index (χ3n) is 3.79. The van der Waals surface area contributed by atoms with Crippen molar-refractivity contribution in [2.45, 2.75) is 13.0 Å². The monoisotopic (exact) mass is 305 g/mol. The van der Waals surface area contributed by atoms with Gasteiger partial charge in [0.25, 0.3) is 0 Å². The average molecular weight is 305 g/mol.